The maximum atomic E-state index is 12.9. The number of sulfone groups is 1. The Morgan fingerprint density at radius 2 is 1.63 bits per heavy atom. The van der Waals surface area contributed by atoms with E-state index in [1.54, 1.807) is 18.2 Å². The van der Waals surface area contributed by atoms with Crippen molar-refractivity contribution in [1.82, 2.24) is 9.97 Å². The fourth-order valence-electron chi connectivity index (χ4n) is 3.00. The molecule has 150 valence electrons. The van der Waals surface area contributed by atoms with Gasteiger partial charge in [-0.05, 0) is 42.5 Å². The summed E-state index contributed by atoms with van der Waals surface area (Å²) in [5.41, 5.74) is 1.55. The van der Waals surface area contributed by atoms with Crippen molar-refractivity contribution in [2.24, 2.45) is 0 Å². The number of non-ortho nitro benzene ring substituents is 1. The number of carbonyl (C=O) groups excluding carboxylic acids is 1. The molecule has 4 rings (SSSR count). The number of nitrogens with zero attached hydrogens (tertiary/aromatic N) is 3. The normalized spacial score (nSPS) is 11.5. The molecule has 0 atom stereocenters. The minimum absolute atomic E-state index is 0.0263. The number of carbonyl (C=O) groups is 1. The number of hydrogen-bond donors (Lipinski definition) is 0. The number of methoxy groups -OCH3 is 1. The van der Waals surface area contributed by atoms with Crippen molar-refractivity contribution < 1.29 is 22.9 Å². The van der Waals surface area contributed by atoms with Gasteiger partial charge in [0.25, 0.3) is 5.69 Å². The van der Waals surface area contributed by atoms with Gasteiger partial charge in [0.2, 0.25) is 9.84 Å². The maximum Gasteiger partial charge on any atom is 0.340 e. The van der Waals surface area contributed by atoms with E-state index in [4.69, 9.17) is 4.74 Å². The molecule has 0 unspecified atom stereocenters. The van der Waals surface area contributed by atoms with Crippen molar-refractivity contribution >= 4 is 43.6 Å². The quantitative estimate of drug-likeness (QED) is 0.212. The van der Waals surface area contributed by atoms with Crippen LogP contribution in [0.25, 0.3) is 22.1 Å². The molecule has 0 fully saturated rings. The van der Waals surface area contributed by atoms with E-state index in [0.29, 0.717) is 22.1 Å². The minimum atomic E-state index is -3.92. The van der Waals surface area contributed by atoms with Gasteiger partial charge in [0.1, 0.15) is 5.52 Å². The van der Waals surface area contributed by atoms with E-state index < -0.39 is 20.7 Å². The zero-order valence-electron chi connectivity index (χ0n) is 15.5. The molecule has 0 radical (unpaired) electrons. The van der Waals surface area contributed by atoms with Crippen LogP contribution in [0.1, 0.15) is 10.4 Å². The van der Waals surface area contributed by atoms with E-state index in [0.717, 1.165) is 12.1 Å². The predicted octanol–water partition coefficient (Wildman–Crippen LogP) is 3.31. The number of rotatable bonds is 4. The Morgan fingerprint density at radius 3 is 2.30 bits per heavy atom. The molecule has 10 heteroatoms. The monoisotopic (exact) mass is 423 g/mol. The highest BCUT2D eigenvalue weighted by atomic mass is 32.2. The zero-order valence-corrected chi connectivity index (χ0v) is 16.3. The smallest absolute Gasteiger partial charge is 0.340 e. The highest BCUT2D eigenvalue weighted by molar-refractivity contribution is 7.91. The van der Waals surface area contributed by atoms with Gasteiger partial charge in [-0.15, -0.1) is 0 Å². The van der Waals surface area contributed by atoms with Crippen LogP contribution in [0.2, 0.25) is 0 Å². The van der Waals surface area contributed by atoms with Gasteiger partial charge >= 0.3 is 5.97 Å². The van der Waals surface area contributed by atoms with Gasteiger partial charge in [-0.3, -0.25) is 10.1 Å². The van der Waals surface area contributed by atoms with Gasteiger partial charge in [-0.2, -0.15) is 0 Å². The Balaban J connectivity index is 1.84. The first-order chi connectivity index (χ1) is 14.3. The van der Waals surface area contributed by atoms with E-state index in [1.165, 1.54) is 37.4 Å². The number of para-hydroxylation sites is 1. The van der Waals surface area contributed by atoms with Crippen LogP contribution in [-0.4, -0.2) is 36.4 Å². The summed E-state index contributed by atoms with van der Waals surface area (Å²) in [6.07, 6.45) is 0. The van der Waals surface area contributed by atoms with Crippen LogP contribution >= 0.6 is 0 Å². The molecule has 4 aromatic rings. The molecule has 30 heavy (non-hydrogen) atoms. The largest absolute Gasteiger partial charge is 0.465 e. The van der Waals surface area contributed by atoms with Crippen molar-refractivity contribution in [2.75, 3.05) is 7.11 Å². The molecular formula is C20H13N3O6S. The summed E-state index contributed by atoms with van der Waals surface area (Å²) in [7, 11) is -2.65. The number of hydrogen-bond acceptors (Lipinski definition) is 8. The second kappa shape index (κ2) is 7.16. The van der Waals surface area contributed by atoms with Gasteiger partial charge in [-0.1, -0.05) is 6.07 Å². The topological polar surface area (TPSA) is 129 Å². The third-order valence-corrected chi connectivity index (χ3v) is 6.28. The third kappa shape index (κ3) is 3.22. The highest BCUT2D eigenvalue weighted by Gasteiger charge is 2.20. The Bertz CT molecular complexity index is 1430. The van der Waals surface area contributed by atoms with Crippen molar-refractivity contribution in [2.45, 2.75) is 9.79 Å². The lowest BCUT2D eigenvalue weighted by Crippen LogP contribution is -2.05. The van der Waals surface area contributed by atoms with E-state index in [2.05, 4.69) is 9.97 Å². The standard InChI is InChI=1S/C20H13N3O6S/c1-29-20(24)15-3-2-4-17-19(15)22-16-10-9-14(11-18(16)21-17)30(27,28)13-7-5-12(6-8-13)23(25)26/h2-11H,1H3. The SMILES string of the molecule is COC(=O)c1cccc2nc3cc(S(=O)(=O)c4ccc([N+](=O)[O-])cc4)ccc3nc12. The first-order valence-electron chi connectivity index (χ1n) is 8.59. The molecule has 0 aliphatic rings. The summed E-state index contributed by atoms with van der Waals surface area (Å²) in [5.74, 6) is -0.549. The van der Waals surface area contributed by atoms with Crippen molar-refractivity contribution in [3.63, 3.8) is 0 Å². The molecule has 0 aliphatic heterocycles. The van der Waals surface area contributed by atoms with Gasteiger partial charge in [0.05, 0.1) is 43.9 Å². The molecule has 1 aromatic heterocycles. The highest BCUT2D eigenvalue weighted by Crippen LogP contribution is 2.27. The lowest BCUT2D eigenvalue weighted by Gasteiger charge is -2.08. The van der Waals surface area contributed by atoms with Gasteiger partial charge in [-0.25, -0.2) is 23.2 Å². The van der Waals surface area contributed by atoms with Crippen LogP contribution in [0, 0.1) is 10.1 Å². The lowest BCUT2D eigenvalue weighted by atomic mass is 10.1. The van der Waals surface area contributed by atoms with Gasteiger partial charge in [0, 0.05) is 12.1 Å². The maximum absolute atomic E-state index is 12.9. The molecule has 1 heterocycles. The first kappa shape index (κ1) is 19.4. The summed E-state index contributed by atoms with van der Waals surface area (Å²) in [5, 5.41) is 10.8. The third-order valence-electron chi connectivity index (χ3n) is 4.51. The molecule has 0 amide bonds. The molecule has 0 saturated heterocycles. The Hall–Kier alpha value is -3.92. The van der Waals surface area contributed by atoms with Crippen LogP contribution in [0.5, 0.6) is 0 Å². The van der Waals surface area contributed by atoms with E-state index in [-0.39, 0.29) is 21.0 Å². The van der Waals surface area contributed by atoms with Crippen LogP contribution in [0.4, 0.5) is 5.69 Å². The summed E-state index contributed by atoms with van der Waals surface area (Å²) >= 11 is 0. The lowest BCUT2D eigenvalue weighted by molar-refractivity contribution is -0.384. The number of nitro groups is 1. The van der Waals surface area contributed by atoms with Crippen LogP contribution in [0.3, 0.4) is 0 Å². The average molecular weight is 423 g/mol. The number of esters is 1. The second-order valence-corrected chi connectivity index (χ2v) is 8.24. The molecule has 0 N–H and O–H groups in total. The molecule has 0 bridgehead atoms. The minimum Gasteiger partial charge on any atom is -0.465 e. The Kier molecular flexibility index (Phi) is 4.63. The fourth-order valence-corrected chi connectivity index (χ4v) is 4.28. The van der Waals surface area contributed by atoms with Crippen molar-refractivity contribution in [3.8, 4) is 0 Å². The number of aromatic nitrogens is 2. The summed E-state index contributed by atoms with van der Waals surface area (Å²) in [4.78, 5) is 30.9. The number of ether oxygens (including phenoxy) is 1. The van der Waals surface area contributed by atoms with Crippen LogP contribution < -0.4 is 0 Å². The fraction of sp³-hybridized carbons (Fsp3) is 0.0500. The average Bonchev–Trinajstić information content (AvgIpc) is 2.76. The molecule has 0 aliphatic carbocycles. The van der Waals surface area contributed by atoms with Crippen molar-refractivity contribution in [1.29, 1.82) is 0 Å². The number of benzene rings is 3. The molecule has 9 nitrogen and oxygen atoms in total. The summed E-state index contributed by atoms with van der Waals surface area (Å²) < 4.78 is 30.6. The van der Waals surface area contributed by atoms with Gasteiger partial charge in [0.15, 0.2) is 0 Å². The molecule has 0 saturated carbocycles. The van der Waals surface area contributed by atoms with E-state index >= 15 is 0 Å². The van der Waals surface area contributed by atoms with E-state index in [1.807, 2.05) is 0 Å². The summed E-state index contributed by atoms with van der Waals surface area (Å²) in [6, 6.07) is 13.8. The van der Waals surface area contributed by atoms with Crippen molar-refractivity contribution in [3.05, 3.63) is 76.3 Å². The number of fused-ring (bicyclic) bond motifs is 2. The second-order valence-electron chi connectivity index (χ2n) is 6.29. The molecular weight excluding hydrogens is 410 g/mol. The first-order valence-corrected chi connectivity index (χ1v) is 10.1. The van der Waals surface area contributed by atoms with Crippen LogP contribution in [0.15, 0.2) is 70.5 Å². The summed E-state index contributed by atoms with van der Waals surface area (Å²) in [6.45, 7) is 0. The molecule has 0 spiro atoms. The molecule has 3 aromatic carbocycles. The predicted molar refractivity (Wildman–Crippen MR) is 107 cm³/mol. The van der Waals surface area contributed by atoms with Crippen LogP contribution in [-0.2, 0) is 14.6 Å². The zero-order chi connectivity index (χ0) is 21.5. The van der Waals surface area contributed by atoms with Gasteiger partial charge < -0.3 is 4.74 Å². The Morgan fingerprint density at radius 1 is 0.933 bits per heavy atom. The Labute approximate surface area is 170 Å². The number of nitro benzene ring substituents is 1. The van der Waals surface area contributed by atoms with E-state index in [9.17, 15) is 23.3 Å².